The Labute approximate surface area is 164 Å². The molecule has 136 valence electrons. The number of nitrogens with zero attached hydrogens (tertiary/aromatic N) is 2. The fourth-order valence-electron chi connectivity index (χ4n) is 2.96. The molecule has 6 heteroatoms. The molecule has 0 saturated carbocycles. The predicted molar refractivity (Wildman–Crippen MR) is 108 cm³/mol. The number of fused-ring (bicyclic) bond motifs is 1. The molecule has 2 aromatic carbocycles. The Kier molecular flexibility index (Phi) is 4.66. The van der Waals surface area contributed by atoms with Crippen LogP contribution in [0.15, 0.2) is 57.6 Å². The standard InChI is InChI=1S/C21H17BrFN3O/c1-12-11-27-20-6-4-15(8-16(12)20)19-9-21(26-13(2)25-19)24-10-14-3-5-18(23)17(22)7-14/h3-9,11H,10H2,1-2H3,(H,24,25,26). The maximum Gasteiger partial charge on any atom is 0.137 e. The molecule has 0 aliphatic heterocycles. The van der Waals surface area contributed by atoms with Crippen molar-refractivity contribution >= 4 is 32.7 Å². The highest BCUT2D eigenvalue weighted by Gasteiger charge is 2.09. The summed E-state index contributed by atoms with van der Waals surface area (Å²) in [5.41, 5.74) is 4.76. The van der Waals surface area contributed by atoms with Crippen LogP contribution in [0, 0.1) is 19.7 Å². The van der Waals surface area contributed by atoms with Crippen molar-refractivity contribution in [1.29, 1.82) is 0 Å². The maximum absolute atomic E-state index is 13.4. The van der Waals surface area contributed by atoms with E-state index < -0.39 is 0 Å². The summed E-state index contributed by atoms with van der Waals surface area (Å²) in [6.07, 6.45) is 1.76. The van der Waals surface area contributed by atoms with Crippen molar-refractivity contribution in [3.05, 3.63) is 76.0 Å². The third-order valence-corrected chi connectivity index (χ3v) is 4.97. The van der Waals surface area contributed by atoms with E-state index in [0.29, 0.717) is 16.8 Å². The lowest BCUT2D eigenvalue weighted by Crippen LogP contribution is -2.04. The Balaban J connectivity index is 1.62. The molecule has 0 unspecified atom stereocenters. The minimum Gasteiger partial charge on any atom is -0.464 e. The monoisotopic (exact) mass is 425 g/mol. The molecule has 0 saturated heterocycles. The van der Waals surface area contributed by atoms with E-state index in [1.807, 2.05) is 32.0 Å². The number of hydrogen-bond donors (Lipinski definition) is 1. The average molecular weight is 426 g/mol. The molecule has 0 bridgehead atoms. The number of halogens is 2. The molecule has 2 heterocycles. The molecule has 0 radical (unpaired) electrons. The number of rotatable bonds is 4. The summed E-state index contributed by atoms with van der Waals surface area (Å²) >= 11 is 3.21. The summed E-state index contributed by atoms with van der Waals surface area (Å²) in [7, 11) is 0. The summed E-state index contributed by atoms with van der Waals surface area (Å²) in [6.45, 7) is 4.42. The first-order chi connectivity index (χ1) is 13.0. The van der Waals surface area contributed by atoms with Gasteiger partial charge in [0.15, 0.2) is 0 Å². The van der Waals surface area contributed by atoms with Crippen molar-refractivity contribution in [2.75, 3.05) is 5.32 Å². The van der Waals surface area contributed by atoms with E-state index in [1.54, 1.807) is 18.4 Å². The number of hydrogen-bond acceptors (Lipinski definition) is 4. The van der Waals surface area contributed by atoms with Crippen LogP contribution < -0.4 is 5.32 Å². The molecule has 1 N–H and O–H groups in total. The highest BCUT2D eigenvalue weighted by atomic mass is 79.9. The molecule has 0 aliphatic rings. The third-order valence-electron chi connectivity index (χ3n) is 4.36. The average Bonchev–Trinajstić information content (AvgIpc) is 3.03. The lowest BCUT2D eigenvalue weighted by atomic mass is 10.1. The predicted octanol–water partition coefficient (Wildman–Crippen LogP) is 6.02. The normalized spacial score (nSPS) is 11.1. The highest BCUT2D eigenvalue weighted by molar-refractivity contribution is 9.10. The second kappa shape index (κ2) is 7.12. The van der Waals surface area contributed by atoms with Gasteiger partial charge in [0.25, 0.3) is 0 Å². The van der Waals surface area contributed by atoms with E-state index in [4.69, 9.17) is 4.42 Å². The SMILES string of the molecule is Cc1nc(NCc2ccc(F)c(Br)c2)cc(-c2ccc3occ(C)c3c2)n1. The first kappa shape index (κ1) is 17.7. The van der Waals surface area contributed by atoms with Crippen LogP contribution in [0.4, 0.5) is 10.2 Å². The molecule has 4 nitrogen and oxygen atoms in total. The summed E-state index contributed by atoms with van der Waals surface area (Å²) in [6, 6.07) is 12.9. The first-order valence-electron chi connectivity index (χ1n) is 8.51. The van der Waals surface area contributed by atoms with Crippen molar-refractivity contribution in [3.8, 4) is 11.3 Å². The van der Waals surface area contributed by atoms with Crippen LogP contribution in [0.3, 0.4) is 0 Å². The van der Waals surface area contributed by atoms with Gasteiger partial charge in [-0.15, -0.1) is 0 Å². The van der Waals surface area contributed by atoms with E-state index in [9.17, 15) is 4.39 Å². The van der Waals surface area contributed by atoms with Crippen molar-refractivity contribution in [2.45, 2.75) is 20.4 Å². The molecule has 0 fully saturated rings. The van der Waals surface area contributed by atoms with Crippen molar-refractivity contribution in [1.82, 2.24) is 9.97 Å². The van der Waals surface area contributed by atoms with Gasteiger partial charge in [0.2, 0.25) is 0 Å². The number of furan rings is 1. The first-order valence-corrected chi connectivity index (χ1v) is 9.30. The van der Waals surface area contributed by atoms with E-state index in [-0.39, 0.29) is 5.82 Å². The van der Waals surface area contributed by atoms with Crippen molar-refractivity contribution < 1.29 is 8.81 Å². The summed E-state index contributed by atoms with van der Waals surface area (Å²) < 4.78 is 19.3. The Hall–Kier alpha value is -2.73. The van der Waals surface area contributed by atoms with Crippen LogP contribution in [0.25, 0.3) is 22.2 Å². The number of aromatic nitrogens is 2. The Morgan fingerprint density at radius 3 is 2.74 bits per heavy atom. The zero-order chi connectivity index (χ0) is 19.0. The minimum atomic E-state index is -0.274. The Morgan fingerprint density at radius 2 is 1.93 bits per heavy atom. The van der Waals surface area contributed by atoms with Gasteiger partial charge < -0.3 is 9.73 Å². The van der Waals surface area contributed by atoms with Crippen LogP contribution in [-0.4, -0.2) is 9.97 Å². The molecular formula is C21H17BrFN3O. The fraction of sp³-hybridized carbons (Fsp3) is 0.143. The topological polar surface area (TPSA) is 51.0 Å². The molecule has 0 spiro atoms. The summed E-state index contributed by atoms with van der Waals surface area (Å²) in [5, 5.41) is 4.37. The number of aryl methyl sites for hydroxylation is 2. The van der Waals surface area contributed by atoms with E-state index >= 15 is 0 Å². The molecule has 4 rings (SSSR count). The van der Waals surface area contributed by atoms with Gasteiger partial charge in [-0.2, -0.15) is 0 Å². The van der Waals surface area contributed by atoms with E-state index in [0.717, 1.165) is 39.2 Å². The van der Waals surface area contributed by atoms with Crippen LogP contribution in [0.5, 0.6) is 0 Å². The van der Waals surface area contributed by atoms with Gasteiger partial charge in [0, 0.05) is 23.6 Å². The van der Waals surface area contributed by atoms with Gasteiger partial charge in [0.05, 0.1) is 16.4 Å². The van der Waals surface area contributed by atoms with Gasteiger partial charge in [0.1, 0.15) is 23.0 Å². The molecular weight excluding hydrogens is 409 g/mol. The molecule has 0 atom stereocenters. The van der Waals surface area contributed by atoms with Gasteiger partial charge >= 0.3 is 0 Å². The van der Waals surface area contributed by atoms with Crippen molar-refractivity contribution in [2.24, 2.45) is 0 Å². The zero-order valence-corrected chi connectivity index (χ0v) is 16.5. The Bertz CT molecular complexity index is 1140. The van der Waals surface area contributed by atoms with Crippen LogP contribution in [0.1, 0.15) is 17.0 Å². The third kappa shape index (κ3) is 3.71. The van der Waals surface area contributed by atoms with E-state index in [1.165, 1.54) is 6.07 Å². The van der Waals surface area contributed by atoms with Crippen LogP contribution in [0.2, 0.25) is 0 Å². The molecule has 4 aromatic rings. The summed E-state index contributed by atoms with van der Waals surface area (Å²) in [5.74, 6) is 1.13. The molecule has 27 heavy (non-hydrogen) atoms. The largest absolute Gasteiger partial charge is 0.464 e. The molecule has 0 aliphatic carbocycles. The van der Waals surface area contributed by atoms with Crippen molar-refractivity contribution in [3.63, 3.8) is 0 Å². The Morgan fingerprint density at radius 1 is 1.07 bits per heavy atom. The lowest BCUT2D eigenvalue weighted by Gasteiger charge is -2.10. The molecule has 0 amide bonds. The number of benzene rings is 2. The summed E-state index contributed by atoms with van der Waals surface area (Å²) in [4.78, 5) is 9.02. The van der Waals surface area contributed by atoms with Gasteiger partial charge in [-0.3, -0.25) is 0 Å². The second-order valence-electron chi connectivity index (χ2n) is 6.42. The highest BCUT2D eigenvalue weighted by Crippen LogP contribution is 2.27. The fourth-order valence-corrected chi connectivity index (χ4v) is 3.39. The number of nitrogens with one attached hydrogen (secondary N) is 1. The number of anilines is 1. The van der Waals surface area contributed by atoms with Gasteiger partial charge in [-0.25, -0.2) is 14.4 Å². The van der Waals surface area contributed by atoms with E-state index in [2.05, 4.69) is 37.3 Å². The van der Waals surface area contributed by atoms with Crippen LogP contribution >= 0.6 is 15.9 Å². The zero-order valence-electron chi connectivity index (χ0n) is 14.9. The van der Waals surface area contributed by atoms with Gasteiger partial charge in [-0.05, 0) is 71.2 Å². The quantitative estimate of drug-likeness (QED) is 0.434. The minimum absolute atomic E-state index is 0.274. The molecule has 2 aromatic heterocycles. The van der Waals surface area contributed by atoms with Gasteiger partial charge in [-0.1, -0.05) is 6.07 Å². The lowest BCUT2D eigenvalue weighted by molar-refractivity contribution is 0.613. The van der Waals surface area contributed by atoms with Crippen LogP contribution in [-0.2, 0) is 6.54 Å². The maximum atomic E-state index is 13.4. The second-order valence-corrected chi connectivity index (χ2v) is 7.27. The smallest absolute Gasteiger partial charge is 0.137 e.